The molecule has 1 aromatic carbocycles. The lowest BCUT2D eigenvalue weighted by Crippen LogP contribution is -2.68. The molecule has 0 spiro atoms. The first-order valence-corrected chi connectivity index (χ1v) is 11.4. The number of carbonyl (C=O) groups is 2. The first-order valence-electron chi connectivity index (χ1n) is 8.91. The summed E-state index contributed by atoms with van der Waals surface area (Å²) >= 11 is 2.76. The van der Waals surface area contributed by atoms with Gasteiger partial charge in [-0.1, -0.05) is 12.1 Å². The van der Waals surface area contributed by atoms with E-state index in [1.54, 1.807) is 23.9 Å². The summed E-state index contributed by atoms with van der Waals surface area (Å²) in [5.74, 6) is 0.587. The molecule has 1 fully saturated rings. The third-order valence-electron chi connectivity index (χ3n) is 4.95. The highest BCUT2D eigenvalue weighted by Gasteiger charge is 2.53. The van der Waals surface area contributed by atoms with Gasteiger partial charge in [-0.3, -0.25) is 9.59 Å². The van der Waals surface area contributed by atoms with E-state index >= 15 is 0 Å². The van der Waals surface area contributed by atoms with E-state index in [1.807, 2.05) is 49.8 Å². The summed E-state index contributed by atoms with van der Waals surface area (Å²) in [6.07, 6.45) is 5.95. The zero-order valence-electron chi connectivity index (χ0n) is 17.0. The van der Waals surface area contributed by atoms with Gasteiger partial charge in [0.05, 0.1) is 6.61 Å². The van der Waals surface area contributed by atoms with Gasteiger partial charge in [0.1, 0.15) is 12.4 Å². The number of aliphatic hydroxyl groups excluding tert-OH is 1. The monoisotopic (exact) mass is 424 g/mol. The van der Waals surface area contributed by atoms with E-state index in [1.165, 1.54) is 23.5 Å². The minimum Gasteiger partial charge on any atom is -0.490 e. The number of nitrogens with zero attached hydrogens (tertiary/aromatic N) is 2. The van der Waals surface area contributed by atoms with Crippen LogP contribution < -0.4 is 4.74 Å². The second kappa shape index (κ2) is 9.71. The first kappa shape index (κ1) is 22.6. The third kappa shape index (κ3) is 4.50. The number of likely N-dealkylation sites (N-methyl/N-ethyl adjacent to an activating group) is 2. The number of rotatable bonds is 8. The molecule has 0 aromatic heterocycles. The topological polar surface area (TPSA) is 70.1 Å². The van der Waals surface area contributed by atoms with E-state index in [9.17, 15) is 9.59 Å². The van der Waals surface area contributed by atoms with Crippen LogP contribution in [0, 0.1) is 0 Å². The summed E-state index contributed by atoms with van der Waals surface area (Å²) < 4.78 is 5.64. The molecule has 1 aliphatic rings. The van der Waals surface area contributed by atoms with E-state index in [0.717, 1.165) is 11.1 Å². The fourth-order valence-electron chi connectivity index (χ4n) is 3.11. The molecule has 1 aromatic rings. The average molecular weight is 425 g/mol. The maximum atomic E-state index is 13.2. The zero-order chi connectivity index (χ0) is 20.9. The summed E-state index contributed by atoms with van der Waals surface area (Å²) in [5, 5.41) is 8.52. The number of carbonyl (C=O) groups excluding carboxylic acids is 2. The predicted molar refractivity (Wildman–Crippen MR) is 116 cm³/mol. The number of aliphatic hydroxyl groups is 1. The minimum absolute atomic E-state index is 0.0190. The van der Waals surface area contributed by atoms with Gasteiger partial charge in [-0.25, -0.2) is 0 Å². The van der Waals surface area contributed by atoms with Crippen LogP contribution in [0.25, 0.3) is 0 Å². The Morgan fingerprint density at radius 2 is 1.89 bits per heavy atom. The van der Waals surface area contributed by atoms with Crippen LogP contribution >= 0.6 is 23.5 Å². The molecule has 6 nitrogen and oxygen atoms in total. The van der Waals surface area contributed by atoms with Gasteiger partial charge < -0.3 is 19.6 Å². The molecule has 0 saturated carbocycles. The Labute approximate surface area is 175 Å². The smallest absolute Gasteiger partial charge is 0.260 e. The Kier molecular flexibility index (Phi) is 7.86. The van der Waals surface area contributed by atoms with Gasteiger partial charge in [0.15, 0.2) is 10.2 Å². The Bertz CT molecular complexity index is 738. The fraction of sp³-hybridized carbons (Fsp3) is 0.500. The lowest BCUT2D eigenvalue weighted by Gasteiger charge is -2.48. The molecule has 0 unspecified atom stereocenters. The highest BCUT2D eigenvalue weighted by molar-refractivity contribution is 8.01. The van der Waals surface area contributed by atoms with Crippen molar-refractivity contribution in [3.63, 3.8) is 0 Å². The number of piperazine rings is 1. The van der Waals surface area contributed by atoms with Gasteiger partial charge in [0, 0.05) is 20.5 Å². The molecule has 2 rings (SSSR count). The molecule has 2 atom stereocenters. The van der Waals surface area contributed by atoms with Crippen LogP contribution in [0.15, 0.2) is 35.9 Å². The Balaban J connectivity index is 2.17. The molecule has 1 saturated heterocycles. The summed E-state index contributed by atoms with van der Waals surface area (Å²) in [4.78, 5) is 28.1. The van der Waals surface area contributed by atoms with Crippen molar-refractivity contribution >= 4 is 35.3 Å². The predicted octanol–water partition coefficient (Wildman–Crippen LogP) is 2.23. The number of hydrogen-bond acceptors (Lipinski definition) is 6. The second-order valence-electron chi connectivity index (χ2n) is 6.73. The fourth-order valence-corrected chi connectivity index (χ4v) is 4.87. The molecule has 8 heteroatoms. The van der Waals surface area contributed by atoms with Crippen molar-refractivity contribution in [1.29, 1.82) is 0 Å². The Morgan fingerprint density at radius 3 is 2.43 bits per heavy atom. The molecule has 2 amide bonds. The number of thioether (sulfide) groups is 2. The largest absolute Gasteiger partial charge is 0.490 e. The van der Waals surface area contributed by atoms with E-state index < -0.39 is 10.2 Å². The van der Waals surface area contributed by atoms with Crippen molar-refractivity contribution in [2.45, 2.75) is 23.6 Å². The van der Waals surface area contributed by atoms with Crippen molar-refractivity contribution in [3.05, 3.63) is 41.5 Å². The van der Waals surface area contributed by atoms with Crippen LogP contribution in [0.5, 0.6) is 5.75 Å². The first-order chi connectivity index (χ1) is 13.3. The quantitative estimate of drug-likeness (QED) is 0.646. The van der Waals surface area contributed by atoms with Crippen LogP contribution in [0.2, 0.25) is 0 Å². The van der Waals surface area contributed by atoms with Crippen LogP contribution in [0.3, 0.4) is 0 Å². The van der Waals surface area contributed by atoms with E-state index in [0.29, 0.717) is 18.8 Å². The SMILES string of the molecule is CS[C@@H]1C(=O)N(C)[C@](Cc2ccc(OCC=C(C)CO)cc2)(SC)C(=O)N1C. The van der Waals surface area contributed by atoms with Crippen LogP contribution in [-0.4, -0.2) is 76.8 Å². The highest BCUT2D eigenvalue weighted by Crippen LogP contribution is 2.39. The van der Waals surface area contributed by atoms with Crippen molar-refractivity contribution in [2.24, 2.45) is 0 Å². The number of benzene rings is 1. The molecule has 0 aliphatic carbocycles. The molecule has 0 bridgehead atoms. The van der Waals surface area contributed by atoms with Gasteiger partial charge in [-0.05, 0) is 48.8 Å². The summed E-state index contributed by atoms with van der Waals surface area (Å²) in [6.45, 7) is 2.24. The van der Waals surface area contributed by atoms with Crippen LogP contribution in [0.1, 0.15) is 12.5 Å². The molecule has 1 N–H and O–H groups in total. The van der Waals surface area contributed by atoms with Crippen LogP contribution in [0.4, 0.5) is 0 Å². The maximum Gasteiger partial charge on any atom is 0.260 e. The normalized spacial score (nSPS) is 23.4. The third-order valence-corrected chi connectivity index (χ3v) is 7.18. The van der Waals surface area contributed by atoms with Crippen molar-refractivity contribution in [1.82, 2.24) is 9.80 Å². The molecule has 1 heterocycles. The summed E-state index contributed by atoms with van der Waals surface area (Å²) in [7, 11) is 3.40. The summed E-state index contributed by atoms with van der Waals surface area (Å²) in [5.41, 5.74) is 1.81. The highest BCUT2D eigenvalue weighted by atomic mass is 32.2. The van der Waals surface area contributed by atoms with Gasteiger partial charge in [-0.15, -0.1) is 23.5 Å². The van der Waals surface area contributed by atoms with Gasteiger partial charge in [-0.2, -0.15) is 0 Å². The standard InChI is InChI=1S/C20H28N2O4S2/c1-14(13-23)10-11-26-16-8-6-15(7-9-16)12-20(28-5)19(25)21(2)18(27-4)17(24)22(20)3/h6-10,18,23H,11-13H2,1-5H3/t18-,20-/m1/s1. The Hall–Kier alpha value is -1.64. The lowest BCUT2D eigenvalue weighted by molar-refractivity contribution is -0.156. The van der Waals surface area contributed by atoms with Crippen molar-refractivity contribution in [2.75, 3.05) is 39.8 Å². The van der Waals surface area contributed by atoms with Crippen LogP contribution in [-0.2, 0) is 16.0 Å². The molecule has 154 valence electrons. The maximum absolute atomic E-state index is 13.2. The second-order valence-corrected chi connectivity index (χ2v) is 8.73. The number of amides is 2. The number of ether oxygens (including phenoxy) is 1. The Morgan fingerprint density at radius 1 is 1.25 bits per heavy atom. The van der Waals surface area contributed by atoms with E-state index in [2.05, 4.69) is 0 Å². The number of hydrogen-bond donors (Lipinski definition) is 1. The van der Waals surface area contributed by atoms with Gasteiger partial charge in [0.2, 0.25) is 0 Å². The molecule has 28 heavy (non-hydrogen) atoms. The van der Waals surface area contributed by atoms with Gasteiger partial charge >= 0.3 is 0 Å². The van der Waals surface area contributed by atoms with Crippen molar-refractivity contribution in [3.8, 4) is 5.75 Å². The lowest BCUT2D eigenvalue weighted by atomic mass is 10.0. The van der Waals surface area contributed by atoms with Gasteiger partial charge in [0.25, 0.3) is 11.8 Å². The molecule has 1 aliphatic heterocycles. The zero-order valence-corrected chi connectivity index (χ0v) is 18.6. The van der Waals surface area contributed by atoms with Crippen molar-refractivity contribution < 1.29 is 19.4 Å². The molecule has 0 radical (unpaired) electrons. The molecular formula is C20H28N2O4S2. The van der Waals surface area contributed by atoms with E-state index in [-0.39, 0.29) is 18.4 Å². The van der Waals surface area contributed by atoms with E-state index in [4.69, 9.17) is 9.84 Å². The molecular weight excluding hydrogens is 396 g/mol. The average Bonchev–Trinajstić information content (AvgIpc) is 2.71. The minimum atomic E-state index is -0.957. The summed E-state index contributed by atoms with van der Waals surface area (Å²) in [6, 6.07) is 7.55.